The Bertz CT molecular complexity index is 444. The molecule has 19 heavy (non-hydrogen) atoms. The zero-order valence-corrected chi connectivity index (χ0v) is 10.7. The summed E-state index contributed by atoms with van der Waals surface area (Å²) < 4.78 is 18.6. The van der Waals surface area contributed by atoms with E-state index in [1.165, 1.54) is 18.9 Å². The quantitative estimate of drug-likeness (QED) is 0.804. The van der Waals surface area contributed by atoms with Gasteiger partial charge in [0.2, 0.25) is 0 Å². The topological polar surface area (TPSA) is 58.6 Å². The van der Waals surface area contributed by atoms with Crippen LogP contribution in [0.1, 0.15) is 36.0 Å². The number of carbonyl (C=O) groups is 1. The molecule has 0 bridgehead atoms. The SMILES string of the molecule is O=C(NCCOC1CCCC1)c1cc(F)ccc1O. The maximum atomic E-state index is 13.0. The fourth-order valence-electron chi connectivity index (χ4n) is 2.23. The van der Waals surface area contributed by atoms with E-state index in [1.54, 1.807) is 0 Å². The molecule has 1 fully saturated rings. The minimum Gasteiger partial charge on any atom is -0.507 e. The number of carbonyl (C=O) groups excluding carboxylic acids is 1. The highest BCUT2D eigenvalue weighted by Gasteiger charge is 2.15. The molecule has 0 unspecified atom stereocenters. The summed E-state index contributed by atoms with van der Waals surface area (Å²) in [7, 11) is 0. The standard InChI is InChI=1S/C14H18FNO3/c15-10-5-6-13(17)12(9-10)14(18)16-7-8-19-11-3-1-2-4-11/h5-6,9,11,17H,1-4,7-8H2,(H,16,18). The first-order valence-electron chi connectivity index (χ1n) is 6.55. The summed E-state index contributed by atoms with van der Waals surface area (Å²) in [6, 6.07) is 3.29. The Hall–Kier alpha value is -1.62. The van der Waals surface area contributed by atoms with E-state index in [2.05, 4.69) is 5.32 Å². The van der Waals surface area contributed by atoms with Crippen molar-refractivity contribution in [2.24, 2.45) is 0 Å². The number of rotatable bonds is 5. The number of ether oxygens (including phenoxy) is 1. The fraction of sp³-hybridized carbons (Fsp3) is 0.500. The summed E-state index contributed by atoms with van der Waals surface area (Å²) in [5.74, 6) is -1.27. The molecule has 0 saturated heterocycles. The maximum Gasteiger partial charge on any atom is 0.255 e. The summed E-state index contributed by atoms with van der Waals surface area (Å²) in [4.78, 5) is 11.7. The highest BCUT2D eigenvalue weighted by Crippen LogP contribution is 2.20. The molecule has 1 aliphatic rings. The van der Waals surface area contributed by atoms with E-state index in [1.807, 2.05) is 0 Å². The Kier molecular flexibility index (Phi) is 4.74. The summed E-state index contributed by atoms with van der Waals surface area (Å²) in [5, 5.41) is 12.1. The van der Waals surface area contributed by atoms with Crippen LogP contribution in [0.4, 0.5) is 4.39 Å². The first-order valence-corrected chi connectivity index (χ1v) is 6.55. The van der Waals surface area contributed by atoms with Gasteiger partial charge in [0, 0.05) is 6.54 Å². The molecule has 2 N–H and O–H groups in total. The first-order chi connectivity index (χ1) is 9.16. The van der Waals surface area contributed by atoms with Crippen molar-refractivity contribution in [2.45, 2.75) is 31.8 Å². The van der Waals surface area contributed by atoms with Gasteiger partial charge in [0.05, 0.1) is 18.3 Å². The minimum absolute atomic E-state index is 0.0548. The Morgan fingerprint density at radius 3 is 2.89 bits per heavy atom. The number of hydrogen-bond acceptors (Lipinski definition) is 3. The molecule has 0 radical (unpaired) electrons. The lowest BCUT2D eigenvalue weighted by Crippen LogP contribution is -2.28. The second kappa shape index (κ2) is 6.52. The molecule has 0 aliphatic heterocycles. The summed E-state index contributed by atoms with van der Waals surface area (Å²) in [6.07, 6.45) is 4.87. The second-order valence-corrected chi connectivity index (χ2v) is 4.69. The molecule has 1 saturated carbocycles. The van der Waals surface area contributed by atoms with Crippen LogP contribution in [-0.4, -0.2) is 30.3 Å². The predicted octanol–water partition coefficient (Wildman–Crippen LogP) is 2.22. The Balaban J connectivity index is 1.75. The summed E-state index contributed by atoms with van der Waals surface area (Å²) in [6.45, 7) is 0.789. The van der Waals surface area contributed by atoms with E-state index in [9.17, 15) is 14.3 Å². The van der Waals surface area contributed by atoms with Crippen LogP contribution >= 0.6 is 0 Å². The predicted molar refractivity (Wildman–Crippen MR) is 68.6 cm³/mol. The van der Waals surface area contributed by atoms with E-state index in [4.69, 9.17) is 4.74 Å². The van der Waals surface area contributed by atoms with Crippen LogP contribution in [0, 0.1) is 5.82 Å². The normalized spacial score (nSPS) is 15.6. The molecule has 5 heteroatoms. The number of benzene rings is 1. The van der Waals surface area contributed by atoms with E-state index in [0.717, 1.165) is 25.0 Å². The molecule has 1 aromatic rings. The van der Waals surface area contributed by atoms with E-state index in [0.29, 0.717) is 19.3 Å². The third kappa shape index (κ3) is 3.92. The van der Waals surface area contributed by atoms with Crippen molar-refractivity contribution in [2.75, 3.05) is 13.2 Å². The van der Waals surface area contributed by atoms with Gasteiger partial charge in [-0.15, -0.1) is 0 Å². The van der Waals surface area contributed by atoms with Gasteiger partial charge in [0.1, 0.15) is 11.6 Å². The Morgan fingerprint density at radius 2 is 2.16 bits per heavy atom. The zero-order chi connectivity index (χ0) is 13.7. The second-order valence-electron chi connectivity index (χ2n) is 4.69. The maximum absolute atomic E-state index is 13.0. The van der Waals surface area contributed by atoms with Crippen LogP contribution in [0.15, 0.2) is 18.2 Å². The number of nitrogens with one attached hydrogen (secondary N) is 1. The number of halogens is 1. The molecule has 0 spiro atoms. The zero-order valence-electron chi connectivity index (χ0n) is 10.7. The molecular weight excluding hydrogens is 249 g/mol. The molecule has 104 valence electrons. The van der Waals surface area contributed by atoms with Crippen molar-refractivity contribution in [3.8, 4) is 5.75 Å². The third-order valence-corrected chi connectivity index (χ3v) is 3.25. The van der Waals surface area contributed by atoms with Gasteiger partial charge >= 0.3 is 0 Å². The third-order valence-electron chi connectivity index (χ3n) is 3.25. The summed E-state index contributed by atoms with van der Waals surface area (Å²) in [5.41, 5.74) is -0.0548. The van der Waals surface area contributed by atoms with Gasteiger partial charge in [-0.05, 0) is 31.0 Å². The largest absolute Gasteiger partial charge is 0.507 e. The average Bonchev–Trinajstić information content (AvgIpc) is 2.90. The monoisotopic (exact) mass is 267 g/mol. The van der Waals surface area contributed by atoms with Crippen molar-refractivity contribution in [1.82, 2.24) is 5.32 Å². The van der Waals surface area contributed by atoms with E-state index < -0.39 is 11.7 Å². The lowest BCUT2D eigenvalue weighted by Gasteiger charge is -2.11. The molecule has 1 aromatic carbocycles. The highest BCUT2D eigenvalue weighted by atomic mass is 19.1. The molecule has 0 heterocycles. The molecule has 1 amide bonds. The van der Waals surface area contributed by atoms with E-state index >= 15 is 0 Å². The lowest BCUT2D eigenvalue weighted by atomic mass is 10.2. The Morgan fingerprint density at radius 1 is 1.42 bits per heavy atom. The number of aromatic hydroxyl groups is 1. The molecular formula is C14H18FNO3. The van der Waals surface area contributed by atoms with Crippen molar-refractivity contribution in [1.29, 1.82) is 0 Å². The van der Waals surface area contributed by atoms with Gasteiger partial charge in [0.25, 0.3) is 5.91 Å². The van der Waals surface area contributed by atoms with Crippen molar-refractivity contribution < 1.29 is 19.0 Å². The number of phenolic OH excluding ortho intramolecular Hbond substituents is 1. The van der Waals surface area contributed by atoms with Crippen LogP contribution in [0.3, 0.4) is 0 Å². The van der Waals surface area contributed by atoms with Gasteiger partial charge in [-0.25, -0.2) is 4.39 Å². The number of phenols is 1. The van der Waals surface area contributed by atoms with Gasteiger partial charge in [0.15, 0.2) is 0 Å². The molecule has 0 aromatic heterocycles. The molecule has 1 aliphatic carbocycles. The molecule has 2 rings (SSSR count). The minimum atomic E-state index is -0.551. The van der Waals surface area contributed by atoms with Crippen molar-refractivity contribution in [3.05, 3.63) is 29.6 Å². The van der Waals surface area contributed by atoms with Crippen molar-refractivity contribution >= 4 is 5.91 Å². The van der Waals surface area contributed by atoms with Crippen LogP contribution in [-0.2, 0) is 4.74 Å². The van der Waals surface area contributed by atoms with Gasteiger partial charge < -0.3 is 15.2 Å². The average molecular weight is 267 g/mol. The summed E-state index contributed by atoms with van der Waals surface area (Å²) >= 11 is 0. The van der Waals surface area contributed by atoms with Gasteiger partial charge in [-0.2, -0.15) is 0 Å². The first kappa shape index (κ1) is 13.8. The van der Waals surface area contributed by atoms with Gasteiger partial charge in [-0.1, -0.05) is 12.8 Å². The lowest BCUT2D eigenvalue weighted by molar-refractivity contribution is 0.0581. The molecule has 4 nitrogen and oxygen atoms in total. The number of amides is 1. The number of hydrogen-bond donors (Lipinski definition) is 2. The van der Waals surface area contributed by atoms with Crippen LogP contribution in [0.5, 0.6) is 5.75 Å². The van der Waals surface area contributed by atoms with Crippen LogP contribution in [0.25, 0.3) is 0 Å². The molecule has 0 atom stereocenters. The Labute approximate surface area is 111 Å². The fourth-order valence-corrected chi connectivity index (χ4v) is 2.23. The highest BCUT2D eigenvalue weighted by molar-refractivity contribution is 5.96. The van der Waals surface area contributed by atoms with Crippen molar-refractivity contribution in [3.63, 3.8) is 0 Å². The smallest absolute Gasteiger partial charge is 0.255 e. The van der Waals surface area contributed by atoms with Gasteiger partial charge in [-0.3, -0.25) is 4.79 Å². The van der Waals surface area contributed by atoms with E-state index in [-0.39, 0.29) is 11.3 Å². The van der Waals surface area contributed by atoms with Crippen LogP contribution < -0.4 is 5.32 Å². The van der Waals surface area contributed by atoms with Crippen LogP contribution in [0.2, 0.25) is 0 Å².